The minimum Gasteiger partial charge on any atom is -0.377 e. The number of halogens is 1. The molecule has 2 atom stereocenters. The first kappa shape index (κ1) is 5.98. The van der Waals surface area contributed by atoms with Crippen molar-refractivity contribution >= 4 is 0 Å². The number of nitrogens with one attached hydrogen (secondary N) is 1. The van der Waals surface area contributed by atoms with E-state index in [-0.39, 0.29) is 6.10 Å². The third-order valence-electron chi connectivity index (χ3n) is 1.26. The highest BCUT2D eigenvalue weighted by molar-refractivity contribution is 4.84. The quantitative estimate of drug-likeness (QED) is 0.505. The fraction of sp³-hybridized carbons (Fsp3) is 0.800. The first-order valence-corrected chi connectivity index (χ1v) is 2.59. The summed E-state index contributed by atoms with van der Waals surface area (Å²) in [5, 5.41) is 2.50. The highest BCUT2D eigenvalue weighted by atomic mass is 19.1. The maximum absolute atomic E-state index is 12.3. The molecule has 0 amide bonds. The molecule has 1 heterocycles. The Morgan fingerprint density at radius 3 is 2.88 bits per heavy atom. The van der Waals surface area contributed by atoms with Crippen molar-refractivity contribution in [1.29, 1.82) is 0 Å². The predicted molar refractivity (Wildman–Crippen MR) is 27.7 cm³/mol. The van der Waals surface area contributed by atoms with Gasteiger partial charge in [0.05, 0.1) is 0 Å². The van der Waals surface area contributed by atoms with Crippen molar-refractivity contribution < 1.29 is 9.13 Å². The fourth-order valence-corrected chi connectivity index (χ4v) is 0.739. The summed E-state index contributed by atoms with van der Waals surface area (Å²) < 4.78 is 17.1. The Hall–Kier alpha value is -0.150. The molecular formula is C5H9FNO. The van der Waals surface area contributed by atoms with Crippen molar-refractivity contribution in [3.05, 3.63) is 6.54 Å². The van der Waals surface area contributed by atoms with Crippen LogP contribution in [0, 0.1) is 6.54 Å². The fourth-order valence-electron chi connectivity index (χ4n) is 0.739. The Labute approximate surface area is 48.0 Å². The number of methoxy groups -OCH3 is 1. The number of alkyl halides is 1. The van der Waals surface area contributed by atoms with Crippen molar-refractivity contribution in [2.45, 2.75) is 18.8 Å². The standard InChI is InChI=1S/C5H9FNO/c1-8-4-2-3-7-5(4)6/h3-5,7H,2H2,1H3. The third kappa shape index (κ3) is 0.980. The molecule has 1 N–H and O–H groups in total. The van der Waals surface area contributed by atoms with Crippen LogP contribution in [0.4, 0.5) is 4.39 Å². The van der Waals surface area contributed by atoms with Crippen molar-refractivity contribution in [3.8, 4) is 0 Å². The zero-order valence-corrected chi connectivity index (χ0v) is 4.73. The molecule has 0 bridgehead atoms. The second-order valence-corrected chi connectivity index (χ2v) is 1.78. The van der Waals surface area contributed by atoms with Gasteiger partial charge in [-0.1, -0.05) is 0 Å². The van der Waals surface area contributed by atoms with E-state index in [1.54, 1.807) is 6.54 Å². The van der Waals surface area contributed by atoms with Crippen molar-refractivity contribution in [2.24, 2.45) is 0 Å². The van der Waals surface area contributed by atoms with Gasteiger partial charge in [-0.15, -0.1) is 0 Å². The minimum absolute atomic E-state index is 0.269. The second-order valence-electron chi connectivity index (χ2n) is 1.78. The van der Waals surface area contributed by atoms with Gasteiger partial charge in [0.25, 0.3) is 0 Å². The second kappa shape index (κ2) is 2.42. The molecule has 1 radical (unpaired) electrons. The van der Waals surface area contributed by atoms with Crippen LogP contribution >= 0.6 is 0 Å². The van der Waals surface area contributed by atoms with Gasteiger partial charge in [-0.2, -0.15) is 0 Å². The zero-order valence-electron chi connectivity index (χ0n) is 4.73. The molecule has 8 heavy (non-hydrogen) atoms. The third-order valence-corrected chi connectivity index (χ3v) is 1.26. The first-order chi connectivity index (χ1) is 3.84. The Morgan fingerprint density at radius 2 is 2.62 bits per heavy atom. The van der Waals surface area contributed by atoms with Crippen LogP contribution in [0.5, 0.6) is 0 Å². The van der Waals surface area contributed by atoms with Crippen LogP contribution in [0.1, 0.15) is 6.42 Å². The van der Waals surface area contributed by atoms with E-state index in [9.17, 15) is 4.39 Å². The molecule has 1 fully saturated rings. The molecular weight excluding hydrogens is 109 g/mol. The summed E-state index contributed by atoms with van der Waals surface area (Å²) >= 11 is 0. The summed E-state index contributed by atoms with van der Waals surface area (Å²) in [4.78, 5) is 0. The summed E-state index contributed by atoms with van der Waals surface area (Å²) in [5.41, 5.74) is 0. The maximum Gasteiger partial charge on any atom is 0.177 e. The normalized spacial score (nSPS) is 38.2. The van der Waals surface area contributed by atoms with E-state index < -0.39 is 6.30 Å². The van der Waals surface area contributed by atoms with Crippen LogP contribution in [0.2, 0.25) is 0 Å². The van der Waals surface area contributed by atoms with E-state index in [0.717, 1.165) is 0 Å². The molecule has 0 spiro atoms. The van der Waals surface area contributed by atoms with Crippen molar-refractivity contribution in [2.75, 3.05) is 7.11 Å². The average Bonchev–Trinajstić information content (AvgIpc) is 2.14. The molecule has 0 aromatic heterocycles. The van der Waals surface area contributed by atoms with E-state index in [1.807, 2.05) is 0 Å². The van der Waals surface area contributed by atoms with Gasteiger partial charge in [0.2, 0.25) is 0 Å². The van der Waals surface area contributed by atoms with E-state index in [0.29, 0.717) is 6.42 Å². The number of hydrogen-bond donors (Lipinski definition) is 1. The Balaban J connectivity index is 2.30. The molecule has 47 valence electrons. The summed E-state index contributed by atoms with van der Waals surface area (Å²) in [7, 11) is 1.51. The minimum atomic E-state index is -1.00. The number of hydrogen-bond acceptors (Lipinski definition) is 2. The van der Waals surface area contributed by atoms with Gasteiger partial charge in [-0.25, -0.2) is 4.39 Å². The van der Waals surface area contributed by atoms with E-state index in [4.69, 9.17) is 4.74 Å². The van der Waals surface area contributed by atoms with Gasteiger partial charge < -0.3 is 4.74 Å². The lowest BCUT2D eigenvalue weighted by Gasteiger charge is -2.07. The summed E-state index contributed by atoms with van der Waals surface area (Å²) in [6.07, 6.45) is -0.604. The molecule has 2 unspecified atom stereocenters. The molecule has 0 aromatic rings. The van der Waals surface area contributed by atoms with Gasteiger partial charge >= 0.3 is 0 Å². The highest BCUT2D eigenvalue weighted by Crippen LogP contribution is 2.13. The van der Waals surface area contributed by atoms with Gasteiger partial charge in [0.1, 0.15) is 6.10 Å². The number of ether oxygens (including phenoxy) is 1. The summed E-state index contributed by atoms with van der Waals surface area (Å²) in [6.45, 7) is 1.68. The Morgan fingerprint density at radius 1 is 1.88 bits per heavy atom. The molecule has 1 rings (SSSR count). The van der Waals surface area contributed by atoms with E-state index in [2.05, 4.69) is 5.32 Å². The van der Waals surface area contributed by atoms with Crippen LogP contribution in [-0.4, -0.2) is 19.5 Å². The van der Waals surface area contributed by atoms with Crippen LogP contribution < -0.4 is 5.32 Å². The Kier molecular flexibility index (Phi) is 1.81. The van der Waals surface area contributed by atoms with Crippen LogP contribution in [0.25, 0.3) is 0 Å². The first-order valence-electron chi connectivity index (χ1n) is 2.59. The van der Waals surface area contributed by atoms with E-state index >= 15 is 0 Å². The zero-order chi connectivity index (χ0) is 5.98. The lowest BCUT2D eigenvalue weighted by atomic mass is 10.3. The van der Waals surface area contributed by atoms with Crippen LogP contribution in [0.15, 0.2) is 0 Å². The lowest BCUT2D eigenvalue weighted by molar-refractivity contribution is 0.0464. The van der Waals surface area contributed by atoms with Crippen LogP contribution in [-0.2, 0) is 4.74 Å². The lowest BCUT2D eigenvalue weighted by Crippen LogP contribution is -2.25. The summed E-state index contributed by atoms with van der Waals surface area (Å²) in [5.74, 6) is 0. The smallest absolute Gasteiger partial charge is 0.177 e. The maximum atomic E-state index is 12.3. The predicted octanol–water partition coefficient (Wildman–Crippen LogP) is 0.452. The topological polar surface area (TPSA) is 21.3 Å². The molecule has 1 aliphatic heterocycles. The average molecular weight is 118 g/mol. The highest BCUT2D eigenvalue weighted by Gasteiger charge is 2.25. The molecule has 2 nitrogen and oxygen atoms in total. The van der Waals surface area contributed by atoms with Crippen LogP contribution in [0.3, 0.4) is 0 Å². The SMILES string of the molecule is COC1C[CH]NC1F. The van der Waals surface area contributed by atoms with Gasteiger partial charge in [0, 0.05) is 13.7 Å². The van der Waals surface area contributed by atoms with Crippen molar-refractivity contribution in [1.82, 2.24) is 5.32 Å². The van der Waals surface area contributed by atoms with Gasteiger partial charge in [0.15, 0.2) is 6.30 Å². The van der Waals surface area contributed by atoms with Gasteiger partial charge in [-0.05, 0) is 6.42 Å². The molecule has 0 aliphatic carbocycles. The Bertz CT molecular complexity index is 78.8. The van der Waals surface area contributed by atoms with E-state index in [1.165, 1.54) is 7.11 Å². The molecule has 0 saturated carbocycles. The molecule has 1 saturated heterocycles. The largest absolute Gasteiger partial charge is 0.377 e. The number of rotatable bonds is 1. The molecule has 3 heteroatoms. The molecule has 0 aromatic carbocycles. The summed E-state index contributed by atoms with van der Waals surface area (Å²) in [6, 6.07) is 0. The van der Waals surface area contributed by atoms with Crippen molar-refractivity contribution in [3.63, 3.8) is 0 Å². The monoisotopic (exact) mass is 118 g/mol. The molecule has 1 aliphatic rings. The van der Waals surface area contributed by atoms with Gasteiger partial charge in [-0.3, -0.25) is 5.32 Å².